The quantitative estimate of drug-likeness (QED) is 0.719. The Hall–Kier alpha value is -1.09. The van der Waals surface area contributed by atoms with Gasteiger partial charge < -0.3 is 10.1 Å². The molecule has 0 aromatic heterocycles. The molecule has 21 heavy (non-hydrogen) atoms. The van der Waals surface area contributed by atoms with Crippen LogP contribution in [0.2, 0.25) is 15.1 Å². The van der Waals surface area contributed by atoms with Crippen molar-refractivity contribution in [3.05, 3.63) is 56.5 Å². The summed E-state index contributed by atoms with van der Waals surface area (Å²) in [5, 5.41) is 5.16. The van der Waals surface area contributed by atoms with E-state index in [0.29, 0.717) is 20.8 Å². The van der Waals surface area contributed by atoms with E-state index in [2.05, 4.69) is 5.32 Å². The van der Waals surface area contributed by atoms with Gasteiger partial charge in [-0.3, -0.25) is 0 Å². The monoisotopic (exact) mass is 343 g/mol. The summed E-state index contributed by atoms with van der Waals surface area (Å²) in [4.78, 5) is 0. The third-order valence-electron chi connectivity index (χ3n) is 3.30. The average Bonchev–Trinajstić information content (AvgIpc) is 2.45. The Kier molecular flexibility index (Phi) is 5.26. The highest BCUT2D eigenvalue weighted by Gasteiger charge is 2.14. The molecule has 0 heterocycles. The van der Waals surface area contributed by atoms with Gasteiger partial charge in [0.15, 0.2) is 0 Å². The third-order valence-corrected chi connectivity index (χ3v) is 4.54. The molecule has 1 atom stereocenters. The van der Waals surface area contributed by atoms with E-state index in [0.717, 1.165) is 16.8 Å². The second kappa shape index (κ2) is 6.78. The number of nitrogens with one attached hydrogen (secondary N) is 1. The van der Waals surface area contributed by atoms with Crippen molar-refractivity contribution in [3.63, 3.8) is 0 Å². The SMILES string of the molecule is COc1cc(Cl)c(C)cc1NC(C)c1cccc(Cl)c1Cl. The summed E-state index contributed by atoms with van der Waals surface area (Å²) in [6.45, 7) is 3.96. The number of rotatable bonds is 4. The molecule has 1 N–H and O–H groups in total. The van der Waals surface area contributed by atoms with Gasteiger partial charge in [-0.15, -0.1) is 0 Å². The maximum atomic E-state index is 6.26. The molecule has 2 rings (SSSR count). The smallest absolute Gasteiger partial charge is 0.143 e. The third kappa shape index (κ3) is 3.57. The molecule has 0 aliphatic heterocycles. The lowest BCUT2D eigenvalue weighted by molar-refractivity contribution is 0.416. The fourth-order valence-corrected chi connectivity index (χ4v) is 2.74. The van der Waals surface area contributed by atoms with Crippen LogP contribution < -0.4 is 10.1 Å². The van der Waals surface area contributed by atoms with E-state index in [9.17, 15) is 0 Å². The molecule has 2 aromatic rings. The Labute approximate surface area is 140 Å². The Morgan fingerprint density at radius 1 is 1.10 bits per heavy atom. The summed E-state index contributed by atoms with van der Waals surface area (Å²) in [6.07, 6.45) is 0. The van der Waals surface area contributed by atoms with E-state index >= 15 is 0 Å². The van der Waals surface area contributed by atoms with Crippen LogP contribution in [0.1, 0.15) is 24.1 Å². The Balaban J connectivity index is 2.33. The summed E-state index contributed by atoms with van der Waals surface area (Å²) in [5.74, 6) is 0.690. The van der Waals surface area contributed by atoms with Crippen LogP contribution in [0.5, 0.6) is 5.75 Å². The van der Waals surface area contributed by atoms with Gasteiger partial charge in [0, 0.05) is 11.1 Å². The van der Waals surface area contributed by atoms with Crippen LogP contribution in [0.3, 0.4) is 0 Å². The van der Waals surface area contributed by atoms with E-state index in [-0.39, 0.29) is 6.04 Å². The van der Waals surface area contributed by atoms with E-state index in [1.54, 1.807) is 19.2 Å². The molecule has 2 nitrogen and oxygen atoms in total. The number of halogens is 3. The Morgan fingerprint density at radius 2 is 1.81 bits per heavy atom. The van der Waals surface area contributed by atoms with E-state index in [4.69, 9.17) is 39.5 Å². The van der Waals surface area contributed by atoms with Crippen LogP contribution in [0.25, 0.3) is 0 Å². The lowest BCUT2D eigenvalue weighted by atomic mass is 10.1. The van der Waals surface area contributed by atoms with Crippen molar-refractivity contribution in [2.75, 3.05) is 12.4 Å². The zero-order valence-electron chi connectivity index (χ0n) is 12.0. The number of methoxy groups -OCH3 is 1. The molecule has 0 spiro atoms. The molecule has 0 radical (unpaired) electrons. The predicted molar refractivity (Wildman–Crippen MR) is 91.2 cm³/mol. The highest BCUT2D eigenvalue weighted by Crippen LogP contribution is 2.36. The van der Waals surface area contributed by atoms with Crippen molar-refractivity contribution in [3.8, 4) is 5.75 Å². The number of hydrogen-bond acceptors (Lipinski definition) is 2. The van der Waals surface area contributed by atoms with Gasteiger partial charge in [0.05, 0.1) is 28.9 Å². The van der Waals surface area contributed by atoms with Gasteiger partial charge in [-0.25, -0.2) is 0 Å². The van der Waals surface area contributed by atoms with Crippen molar-refractivity contribution in [2.45, 2.75) is 19.9 Å². The van der Waals surface area contributed by atoms with Crippen molar-refractivity contribution >= 4 is 40.5 Å². The molecule has 0 amide bonds. The van der Waals surface area contributed by atoms with E-state index in [1.807, 2.05) is 32.0 Å². The highest BCUT2D eigenvalue weighted by atomic mass is 35.5. The summed E-state index contributed by atoms with van der Waals surface area (Å²) >= 11 is 18.4. The molecular formula is C16H16Cl3NO. The van der Waals surface area contributed by atoms with Crippen LogP contribution in [0.4, 0.5) is 5.69 Å². The fourth-order valence-electron chi connectivity index (χ4n) is 2.11. The lowest BCUT2D eigenvalue weighted by Crippen LogP contribution is -2.08. The van der Waals surface area contributed by atoms with Crippen molar-refractivity contribution in [1.82, 2.24) is 0 Å². The van der Waals surface area contributed by atoms with Crippen LogP contribution in [-0.4, -0.2) is 7.11 Å². The summed E-state index contributed by atoms with van der Waals surface area (Å²) in [6, 6.07) is 9.33. The second-order valence-electron chi connectivity index (χ2n) is 4.81. The van der Waals surface area contributed by atoms with Gasteiger partial charge in [-0.2, -0.15) is 0 Å². The topological polar surface area (TPSA) is 21.3 Å². The fraction of sp³-hybridized carbons (Fsp3) is 0.250. The molecule has 1 unspecified atom stereocenters. The summed E-state index contributed by atoms with van der Waals surface area (Å²) in [7, 11) is 1.61. The van der Waals surface area contributed by atoms with E-state index in [1.165, 1.54) is 0 Å². The molecule has 0 saturated carbocycles. The molecule has 0 saturated heterocycles. The van der Waals surface area contributed by atoms with Gasteiger partial charge in [-0.1, -0.05) is 46.9 Å². The normalized spacial score (nSPS) is 12.1. The molecular weight excluding hydrogens is 329 g/mol. The first-order valence-corrected chi connectivity index (χ1v) is 7.62. The van der Waals surface area contributed by atoms with Gasteiger partial charge in [0.2, 0.25) is 0 Å². The van der Waals surface area contributed by atoms with Crippen LogP contribution in [0.15, 0.2) is 30.3 Å². The summed E-state index contributed by atoms with van der Waals surface area (Å²) in [5.41, 5.74) is 2.77. The molecule has 0 bridgehead atoms. The number of aryl methyl sites for hydroxylation is 1. The maximum absolute atomic E-state index is 6.26. The van der Waals surface area contributed by atoms with Crippen molar-refractivity contribution in [1.29, 1.82) is 0 Å². The van der Waals surface area contributed by atoms with E-state index < -0.39 is 0 Å². The van der Waals surface area contributed by atoms with Crippen LogP contribution in [0, 0.1) is 6.92 Å². The minimum atomic E-state index is -0.0225. The van der Waals surface area contributed by atoms with Crippen molar-refractivity contribution in [2.24, 2.45) is 0 Å². The second-order valence-corrected chi connectivity index (χ2v) is 6.00. The number of ether oxygens (including phenoxy) is 1. The molecule has 0 fully saturated rings. The Bertz CT molecular complexity index is 658. The zero-order valence-corrected chi connectivity index (χ0v) is 14.3. The molecule has 0 aliphatic carbocycles. The van der Waals surface area contributed by atoms with Gasteiger partial charge >= 0.3 is 0 Å². The first-order valence-electron chi connectivity index (χ1n) is 6.48. The molecule has 5 heteroatoms. The first kappa shape index (κ1) is 16.3. The van der Waals surface area contributed by atoms with Gasteiger partial charge in [0.25, 0.3) is 0 Å². The Morgan fingerprint density at radius 3 is 2.48 bits per heavy atom. The maximum Gasteiger partial charge on any atom is 0.143 e. The largest absolute Gasteiger partial charge is 0.495 e. The molecule has 2 aromatic carbocycles. The number of hydrogen-bond donors (Lipinski definition) is 1. The van der Waals surface area contributed by atoms with Crippen molar-refractivity contribution < 1.29 is 4.74 Å². The predicted octanol–water partition coefficient (Wildman–Crippen LogP) is 6.14. The minimum Gasteiger partial charge on any atom is -0.495 e. The highest BCUT2D eigenvalue weighted by molar-refractivity contribution is 6.42. The average molecular weight is 345 g/mol. The van der Waals surface area contributed by atoms with Gasteiger partial charge in [-0.05, 0) is 37.1 Å². The number of anilines is 1. The lowest BCUT2D eigenvalue weighted by Gasteiger charge is -2.20. The molecule has 0 aliphatic rings. The first-order chi connectivity index (χ1) is 9.93. The summed E-state index contributed by atoms with van der Waals surface area (Å²) < 4.78 is 5.37. The van der Waals surface area contributed by atoms with Crippen LogP contribution in [-0.2, 0) is 0 Å². The van der Waals surface area contributed by atoms with Crippen LogP contribution >= 0.6 is 34.8 Å². The number of benzene rings is 2. The standard InChI is InChI=1S/C16H16Cl3NO/c1-9-7-14(15(21-3)8-13(9)18)20-10(2)11-5-4-6-12(17)16(11)19/h4-8,10,20H,1-3H3. The van der Waals surface area contributed by atoms with Gasteiger partial charge in [0.1, 0.15) is 5.75 Å². The molecule has 112 valence electrons. The minimum absolute atomic E-state index is 0.0225. The zero-order chi connectivity index (χ0) is 15.6.